The molecule has 5 heteroatoms. The fraction of sp³-hybridized carbons (Fsp3) is 0.500. The molecule has 1 aliphatic heterocycles. The summed E-state index contributed by atoms with van der Waals surface area (Å²) in [7, 11) is 0. The zero-order chi connectivity index (χ0) is 9.03. The molecule has 1 unspecified atom stereocenters. The SMILES string of the molecule is CCC(=O)OC1(N)C=CC=NC1.Cl. The van der Waals surface area contributed by atoms with Gasteiger partial charge in [-0.3, -0.25) is 15.5 Å². The molecule has 0 radical (unpaired) electrons. The quantitative estimate of drug-likeness (QED) is 0.531. The highest BCUT2D eigenvalue weighted by molar-refractivity contribution is 5.85. The topological polar surface area (TPSA) is 64.7 Å². The van der Waals surface area contributed by atoms with Crippen LogP contribution in [0.2, 0.25) is 0 Å². The van der Waals surface area contributed by atoms with Crippen molar-refractivity contribution in [2.75, 3.05) is 6.54 Å². The Kier molecular flexibility index (Phi) is 4.66. The van der Waals surface area contributed by atoms with Gasteiger partial charge in [-0.2, -0.15) is 0 Å². The van der Waals surface area contributed by atoms with Crippen LogP contribution in [0.15, 0.2) is 17.1 Å². The van der Waals surface area contributed by atoms with Gasteiger partial charge in [0.25, 0.3) is 0 Å². The molecule has 0 bridgehead atoms. The van der Waals surface area contributed by atoms with Crippen molar-refractivity contribution in [3.63, 3.8) is 0 Å². The second kappa shape index (κ2) is 4.99. The molecule has 0 aliphatic carbocycles. The first-order valence-electron chi connectivity index (χ1n) is 3.85. The van der Waals surface area contributed by atoms with E-state index in [4.69, 9.17) is 10.5 Å². The van der Waals surface area contributed by atoms with Crippen LogP contribution in [0, 0.1) is 0 Å². The lowest BCUT2D eigenvalue weighted by atomic mass is 10.2. The normalized spacial score (nSPS) is 25.1. The highest BCUT2D eigenvalue weighted by Crippen LogP contribution is 2.10. The summed E-state index contributed by atoms with van der Waals surface area (Å²) in [5.41, 5.74) is 4.67. The van der Waals surface area contributed by atoms with E-state index < -0.39 is 5.72 Å². The van der Waals surface area contributed by atoms with E-state index >= 15 is 0 Å². The van der Waals surface area contributed by atoms with Crippen LogP contribution >= 0.6 is 12.4 Å². The molecule has 13 heavy (non-hydrogen) atoms. The minimum absolute atomic E-state index is 0. The average molecular weight is 205 g/mol. The molecule has 1 atom stereocenters. The van der Waals surface area contributed by atoms with Gasteiger partial charge in [-0.15, -0.1) is 12.4 Å². The first-order chi connectivity index (χ1) is 5.66. The van der Waals surface area contributed by atoms with Gasteiger partial charge in [-0.05, 0) is 12.2 Å². The molecule has 0 fully saturated rings. The Bertz CT molecular complexity index is 240. The predicted molar refractivity (Wildman–Crippen MR) is 53.0 cm³/mol. The number of aliphatic imine (C=N–C) groups is 1. The number of carbonyl (C=O) groups is 1. The zero-order valence-corrected chi connectivity index (χ0v) is 8.21. The summed E-state index contributed by atoms with van der Waals surface area (Å²) >= 11 is 0. The van der Waals surface area contributed by atoms with E-state index in [0.717, 1.165) is 0 Å². The van der Waals surface area contributed by atoms with Crippen LogP contribution in [-0.2, 0) is 9.53 Å². The maximum Gasteiger partial charge on any atom is 0.307 e. The number of hydrogen-bond acceptors (Lipinski definition) is 4. The number of nitrogens with zero attached hydrogens (tertiary/aromatic N) is 1. The Hall–Kier alpha value is -0.870. The highest BCUT2D eigenvalue weighted by Gasteiger charge is 2.26. The predicted octanol–water partition coefficient (Wildman–Crippen LogP) is 0.657. The molecule has 1 aliphatic rings. The number of hydrogen-bond donors (Lipinski definition) is 1. The fourth-order valence-corrected chi connectivity index (χ4v) is 0.865. The number of halogens is 1. The molecule has 1 rings (SSSR count). The molecule has 0 spiro atoms. The summed E-state index contributed by atoms with van der Waals surface area (Å²) in [6.07, 6.45) is 5.27. The third kappa shape index (κ3) is 3.57. The smallest absolute Gasteiger partial charge is 0.307 e. The first-order valence-corrected chi connectivity index (χ1v) is 3.85. The summed E-state index contributed by atoms with van der Waals surface area (Å²) in [6, 6.07) is 0. The maximum absolute atomic E-state index is 10.9. The summed E-state index contributed by atoms with van der Waals surface area (Å²) < 4.78 is 4.97. The summed E-state index contributed by atoms with van der Waals surface area (Å²) in [5, 5.41) is 0. The van der Waals surface area contributed by atoms with Gasteiger partial charge in [0, 0.05) is 12.6 Å². The second-order valence-corrected chi connectivity index (χ2v) is 2.63. The van der Waals surface area contributed by atoms with Gasteiger partial charge < -0.3 is 4.74 Å². The van der Waals surface area contributed by atoms with E-state index in [1.165, 1.54) is 0 Å². The van der Waals surface area contributed by atoms with E-state index in [-0.39, 0.29) is 18.4 Å². The molecular weight excluding hydrogens is 192 g/mol. The van der Waals surface area contributed by atoms with E-state index in [1.54, 1.807) is 25.3 Å². The zero-order valence-electron chi connectivity index (χ0n) is 7.40. The number of rotatable bonds is 2. The van der Waals surface area contributed by atoms with Crippen LogP contribution in [0.3, 0.4) is 0 Å². The van der Waals surface area contributed by atoms with Crippen molar-refractivity contribution in [1.29, 1.82) is 0 Å². The van der Waals surface area contributed by atoms with Gasteiger partial charge in [0.05, 0.1) is 6.54 Å². The third-order valence-electron chi connectivity index (χ3n) is 1.50. The number of ether oxygens (including phenoxy) is 1. The van der Waals surface area contributed by atoms with Gasteiger partial charge in [0.15, 0.2) is 0 Å². The van der Waals surface area contributed by atoms with E-state index in [0.29, 0.717) is 13.0 Å². The Morgan fingerprint density at radius 3 is 2.92 bits per heavy atom. The standard InChI is InChI=1S/C8H12N2O2.ClH/c1-2-7(11)12-8(9)4-3-5-10-6-8;/h3-5H,2,6,9H2,1H3;1H. The molecule has 2 N–H and O–H groups in total. The van der Waals surface area contributed by atoms with Crippen molar-refractivity contribution < 1.29 is 9.53 Å². The number of nitrogens with two attached hydrogens (primary N) is 1. The lowest BCUT2D eigenvalue weighted by Gasteiger charge is -2.25. The number of esters is 1. The Balaban J connectivity index is 0.00000144. The Morgan fingerprint density at radius 2 is 2.46 bits per heavy atom. The molecule has 0 amide bonds. The van der Waals surface area contributed by atoms with Crippen LogP contribution in [0.1, 0.15) is 13.3 Å². The Morgan fingerprint density at radius 1 is 1.77 bits per heavy atom. The van der Waals surface area contributed by atoms with Gasteiger partial charge in [-0.25, -0.2) is 0 Å². The molecule has 0 aromatic rings. The first kappa shape index (κ1) is 12.1. The van der Waals surface area contributed by atoms with E-state index in [2.05, 4.69) is 4.99 Å². The van der Waals surface area contributed by atoms with Crippen molar-refractivity contribution in [2.45, 2.75) is 19.1 Å². The van der Waals surface area contributed by atoms with Crippen LogP contribution in [0.25, 0.3) is 0 Å². The monoisotopic (exact) mass is 204 g/mol. The highest BCUT2D eigenvalue weighted by atomic mass is 35.5. The molecule has 0 saturated carbocycles. The van der Waals surface area contributed by atoms with E-state index in [1.807, 2.05) is 0 Å². The maximum atomic E-state index is 10.9. The third-order valence-corrected chi connectivity index (χ3v) is 1.50. The van der Waals surface area contributed by atoms with Crippen LogP contribution in [0.5, 0.6) is 0 Å². The van der Waals surface area contributed by atoms with Gasteiger partial charge in [0.2, 0.25) is 5.72 Å². The minimum atomic E-state index is -1.03. The van der Waals surface area contributed by atoms with Crippen molar-refractivity contribution in [3.05, 3.63) is 12.2 Å². The van der Waals surface area contributed by atoms with Crippen LogP contribution in [-0.4, -0.2) is 24.5 Å². The Labute approximate surface area is 83.3 Å². The molecule has 74 valence electrons. The van der Waals surface area contributed by atoms with Gasteiger partial charge in [-0.1, -0.05) is 6.92 Å². The van der Waals surface area contributed by atoms with Crippen LogP contribution in [0.4, 0.5) is 0 Å². The summed E-state index contributed by atoms with van der Waals surface area (Å²) in [4.78, 5) is 14.8. The van der Waals surface area contributed by atoms with Gasteiger partial charge >= 0.3 is 5.97 Å². The fourth-order valence-electron chi connectivity index (χ4n) is 0.865. The number of dihydropyridines is 1. The van der Waals surface area contributed by atoms with E-state index in [9.17, 15) is 4.79 Å². The lowest BCUT2D eigenvalue weighted by molar-refractivity contribution is -0.153. The second-order valence-electron chi connectivity index (χ2n) is 2.63. The number of carbonyl (C=O) groups excluding carboxylic acids is 1. The summed E-state index contributed by atoms with van der Waals surface area (Å²) in [5.74, 6) is -0.306. The van der Waals surface area contributed by atoms with Crippen LogP contribution < -0.4 is 5.73 Å². The van der Waals surface area contributed by atoms with Crippen molar-refractivity contribution in [2.24, 2.45) is 10.7 Å². The molecule has 4 nitrogen and oxygen atoms in total. The van der Waals surface area contributed by atoms with Crippen molar-refractivity contribution in [1.82, 2.24) is 0 Å². The number of allylic oxidation sites excluding steroid dienone is 1. The molecule has 0 aromatic heterocycles. The average Bonchev–Trinajstić information content (AvgIpc) is 2.05. The lowest BCUT2D eigenvalue weighted by Crippen LogP contribution is -2.46. The molecule has 0 aromatic carbocycles. The molecule has 1 heterocycles. The largest absolute Gasteiger partial charge is 0.438 e. The summed E-state index contributed by atoms with van der Waals surface area (Å²) in [6.45, 7) is 2.02. The van der Waals surface area contributed by atoms with Gasteiger partial charge in [0.1, 0.15) is 0 Å². The molecular formula is C8H13ClN2O2. The van der Waals surface area contributed by atoms with Crippen molar-refractivity contribution in [3.8, 4) is 0 Å². The molecule has 0 saturated heterocycles. The van der Waals surface area contributed by atoms with Crippen molar-refractivity contribution >= 4 is 24.6 Å². The minimum Gasteiger partial charge on any atom is -0.438 e.